The van der Waals surface area contributed by atoms with E-state index in [0.717, 1.165) is 29.5 Å². The highest BCUT2D eigenvalue weighted by Crippen LogP contribution is 2.30. The summed E-state index contributed by atoms with van der Waals surface area (Å²) in [5.74, 6) is 0. The molecular formula is C18H30N2O2S. The number of aryl methyl sites for hydroxylation is 3. The molecule has 0 atom stereocenters. The van der Waals surface area contributed by atoms with Gasteiger partial charge in [-0.25, -0.2) is 13.1 Å². The molecule has 4 nitrogen and oxygen atoms in total. The van der Waals surface area contributed by atoms with Crippen molar-refractivity contribution in [1.29, 1.82) is 0 Å². The molecule has 2 N–H and O–H groups in total. The lowest BCUT2D eigenvalue weighted by atomic mass is 9.80. The van der Waals surface area contributed by atoms with Gasteiger partial charge in [-0.05, 0) is 72.4 Å². The van der Waals surface area contributed by atoms with Crippen LogP contribution in [0.2, 0.25) is 0 Å². The van der Waals surface area contributed by atoms with Gasteiger partial charge in [0.1, 0.15) is 0 Å². The topological polar surface area (TPSA) is 58.2 Å². The summed E-state index contributed by atoms with van der Waals surface area (Å²) in [6, 6.07) is 3.79. The van der Waals surface area contributed by atoms with Crippen LogP contribution in [0.3, 0.4) is 0 Å². The Morgan fingerprint density at radius 3 is 1.87 bits per heavy atom. The van der Waals surface area contributed by atoms with Gasteiger partial charge in [0.2, 0.25) is 10.0 Å². The Morgan fingerprint density at radius 2 is 1.43 bits per heavy atom. The van der Waals surface area contributed by atoms with Crippen molar-refractivity contribution in [1.82, 2.24) is 10.0 Å². The summed E-state index contributed by atoms with van der Waals surface area (Å²) in [6.45, 7) is 14.2. The van der Waals surface area contributed by atoms with E-state index in [-0.39, 0.29) is 17.1 Å². The molecule has 1 saturated heterocycles. The summed E-state index contributed by atoms with van der Waals surface area (Å²) in [6.07, 6.45) is 1.55. The van der Waals surface area contributed by atoms with Crippen molar-refractivity contribution in [3.05, 3.63) is 28.8 Å². The van der Waals surface area contributed by atoms with Crippen molar-refractivity contribution in [2.45, 2.75) is 83.3 Å². The van der Waals surface area contributed by atoms with Crippen LogP contribution in [0, 0.1) is 20.8 Å². The average Bonchev–Trinajstić information content (AvgIpc) is 2.19. The van der Waals surface area contributed by atoms with Crippen LogP contribution in [0.15, 0.2) is 17.0 Å². The molecule has 1 aromatic carbocycles. The molecule has 0 aromatic heterocycles. The number of nitrogens with one attached hydrogen (secondary N) is 2. The van der Waals surface area contributed by atoms with Crippen molar-refractivity contribution < 1.29 is 8.42 Å². The molecule has 130 valence electrons. The van der Waals surface area contributed by atoms with Gasteiger partial charge in [-0.2, -0.15) is 0 Å². The first-order valence-corrected chi connectivity index (χ1v) is 9.69. The molecule has 2 rings (SSSR count). The van der Waals surface area contributed by atoms with Gasteiger partial charge < -0.3 is 5.32 Å². The van der Waals surface area contributed by atoms with Gasteiger partial charge in [0, 0.05) is 17.1 Å². The highest BCUT2D eigenvalue weighted by atomic mass is 32.2. The van der Waals surface area contributed by atoms with Crippen LogP contribution in [0.5, 0.6) is 0 Å². The Bertz CT molecular complexity index is 667. The Labute approximate surface area is 141 Å². The molecule has 1 heterocycles. The molecule has 0 aliphatic carbocycles. The maximum absolute atomic E-state index is 12.9. The average molecular weight is 339 g/mol. The molecule has 0 radical (unpaired) electrons. The molecule has 1 aliphatic rings. The van der Waals surface area contributed by atoms with E-state index in [9.17, 15) is 8.42 Å². The zero-order chi connectivity index (χ0) is 17.6. The van der Waals surface area contributed by atoms with Crippen LogP contribution < -0.4 is 10.0 Å². The summed E-state index contributed by atoms with van der Waals surface area (Å²) in [5.41, 5.74) is 2.52. The van der Waals surface area contributed by atoms with Gasteiger partial charge in [0.15, 0.2) is 0 Å². The third kappa shape index (κ3) is 4.34. The van der Waals surface area contributed by atoms with Gasteiger partial charge in [0.05, 0.1) is 4.90 Å². The van der Waals surface area contributed by atoms with Crippen molar-refractivity contribution in [2.24, 2.45) is 0 Å². The first-order chi connectivity index (χ1) is 10.3. The van der Waals surface area contributed by atoms with Gasteiger partial charge in [-0.1, -0.05) is 17.7 Å². The number of hydrogen-bond donors (Lipinski definition) is 2. The van der Waals surface area contributed by atoms with E-state index in [0.29, 0.717) is 4.90 Å². The lowest BCUT2D eigenvalue weighted by Gasteiger charge is -2.46. The largest absolute Gasteiger partial charge is 0.307 e. The van der Waals surface area contributed by atoms with Crippen molar-refractivity contribution in [2.75, 3.05) is 0 Å². The van der Waals surface area contributed by atoms with E-state index in [1.54, 1.807) is 0 Å². The fourth-order valence-corrected chi connectivity index (χ4v) is 5.96. The molecule has 0 saturated carbocycles. The number of benzene rings is 1. The molecular weight excluding hydrogens is 308 g/mol. The molecule has 1 aromatic rings. The number of sulfonamides is 1. The van der Waals surface area contributed by atoms with E-state index in [4.69, 9.17) is 0 Å². The van der Waals surface area contributed by atoms with Gasteiger partial charge >= 0.3 is 0 Å². The second kappa shape index (κ2) is 5.87. The normalized spacial score (nSPS) is 21.3. The summed E-state index contributed by atoms with van der Waals surface area (Å²) in [5, 5.41) is 3.58. The SMILES string of the molecule is Cc1cc(C)c(S(=O)(=O)NC2CC(C)(C)NC(C)(C)C2)c(C)c1. The summed E-state index contributed by atoms with van der Waals surface area (Å²) in [7, 11) is -3.52. The van der Waals surface area contributed by atoms with E-state index >= 15 is 0 Å². The summed E-state index contributed by atoms with van der Waals surface area (Å²) < 4.78 is 28.8. The van der Waals surface area contributed by atoms with Crippen LogP contribution in [0.25, 0.3) is 0 Å². The fraction of sp³-hybridized carbons (Fsp3) is 0.667. The third-order valence-electron chi connectivity index (χ3n) is 4.39. The molecule has 0 unspecified atom stereocenters. The maximum atomic E-state index is 12.9. The minimum atomic E-state index is -3.52. The zero-order valence-corrected chi connectivity index (χ0v) is 16.2. The quantitative estimate of drug-likeness (QED) is 0.890. The molecule has 1 fully saturated rings. The van der Waals surface area contributed by atoms with E-state index in [1.165, 1.54) is 0 Å². The molecule has 0 bridgehead atoms. The van der Waals surface area contributed by atoms with Gasteiger partial charge in [-0.3, -0.25) is 0 Å². The van der Waals surface area contributed by atoms with Crippen molar-refractivity contribution in [3.63, 3.8) is 0 Å². The highest BCUT2D eigenvalue weighted by Gasteiger charge is 2.39. The third-order valence-corrected chi connectivity index (χ3v) is 6.21. The standard InChI is InChI=1S/C18H30N2O2S/c1-12-8-13(2)16(14(3)9-12)23(21,22)19-15-10-17(4,5)20-18(6,7)11-15/h8-9,15,19-20H,10-11H2,1-7H3. The Kier molecular flexibility index (Phi) is 4.70. The molecule has 0 amide bonds. The first-order valence-electron chi connectivity index (χ1n) is 8.21. The molecule has 0 spiro atoms. The first kappa shape index (κ1) is 18.4. The van der Waals surface area contributed by atoms with Gasteiger partial charge in [0.25, 0.3) is 0 Å². The zero-order valence-electron chi connectivity index (χ0n) is 15.4. The minimum Gasteiger partial charge on any atom is -0.307 e. The minimum absolute atomic E-state index is 0.0636. The van der Waals surface area contributed by atoms with E-state index in [1.807, 2.05) is 32.9 Å². The molecule has 1 aliphatic heterocycles. The summed E-state index contributed by atoms with van der Waals surface area (Å²) >= 11 is 0. The van der Waals surface area contributed by atoms with Crippen molar-refractivity contribution in [3.8, 4) is 0 Å². The molecule has 5 heteroatoms. The second-order valence-electron chi connectivity index (χ2n) is 8.35. The fourth-order valence-electron chi connectivity index (χ4n) is 4.27. The predicted octanol–water partition coefficient (Wildman–Crippen LogP) is 3.20. The van der Waals surface area contributed by atoms with Gasteiger partial charge in [-0.15, -0.1) is 0 Å². The smallest absolute Gasteiger partial charge is 0.241 e. The van der Waals surface area contributed by atoms with Crippen LogP contribution in [0.1, 0.15) is 57.2 Å². The monoisotopic (exact) mass is 338 g/mol. The number of rotatable bonds is 3. The number of piperidine rings is 1. The highest BCUT2D eigenvalue weighted by molar-refractivity contribution is 7.89. The predicted molar refractivity (Wildman–Crippen MR) is 95.3 cm³/mol. The number of hydrogen-bond acceptors (Lipinski definition) is 3. The lowest BCUT2D eigenvalue weighted by molar-refractivity contribution is 0.157. The lowest BCUT2D eigenvalue weighted by Crippen LogP contribution is -2.62. The van der Waals surface area contributed by atoms with Crippen LogP contribution in [0.4, 0.5) is 0 Å². The van der Waals surface area contributed by atoms with Crippen LogP contribution >= 0.6 is 0 Å². The molecule has 23 heavy (non-hydrogen) atoms. The van der Waals surface area contributed by atoms with E-state index < -0.39 is 10.0 Å². The van der Waals surface area contributed by atoms with Crippen LogP contribution in [-0.4, -0.2) is 25.5 Å². The van der Waals surface area contributed by atoms with Crippen LogP contribution in [-0.2, 0) is 10.0 Å². The Hall–Kier alpha value is -0.910. The van der Waals surface area contributed by atoms with E-state index in [2.05, 4.69) is 37.7 Å². The summed E-state index contributed by atoms with van der Waals surface area (Å²) in [4.78, 5) is 0.428. The Balaban J connectivity index is 2.32. The Morgan fingerprint density at radius 1 is 1.00 bits per heavy atom. The van der Waals surface area contributed by atoms with Crippen molar-refractivity contribution >= 4 is 10.0 Å². The second-order valence-corrected chi connectivity index (χ2v) is 10.00. The maximum Gasteiger partial charge on any atom is 0.241 e.